The van der Waals surface area contributed by atoms with Gasteiger partial charge in [0, 0.05) is 69.4 Å². The van der Waals surface area contributed by atoms with Crippen molar-refractivity contribution in [2.45, 2.75) is 0 Å². The number of piperazine rings is 1. The van der Waals surface area contributed by atoms with Crippen LogP contribution in [0.25, 0.3) is 0 Å². The molecule has 11 heteroatoms. The number of benzene rings is 2. The van der Waals surface area contributed by atoms with Crippen molar-refractivity contribution in [2.24, 2.45) is 0 Å². The summed E-state index contributed by atoms with van der Waals surface area (Å²) in [5.41, 5.74) is 1.47. The minimum atomic E-state index is -0.675. The first kappa shape index (κ1) is 25.5. The van der Waals surface area contributed by atoms with E-state index in [9.17, 15) is 14.9 Å². The van der Waals surface area contributed by atoms with Crippen molar-refractivity contribution >= 4 is 34.5 Å². The highest BCUT2D eigenvalue weighted by atomic mass is 16.6. The molecular weight excluding hydrogens is 478 g/mol. The number of rotatable bonds is 8. The molecule has 0 atom stereocenters. The molecule has 2 heterocycles. The summed E-state index contributed by atoms with van der Waals surface area (Å²) < 4.78 is 15.8. The molecule has 0 amide bonds. The molecule has 0 N–H and O–H groups in total. The number of aromatic nitrogens is 1. The third-order valence-corrected chi connectivity index (χ3v) is 6.37. The molecule has 2 aromatic carbocycles. The van der Waals surface area contributed by atoms with Crippen molar-refractivity contribution < 1.29 is 23.9 Å². The number of nitro groups is 1. The lowest BCUT2D eigenvalue weighted by Crippen LogP contribution is -2.47. The number of carbonyl (C=O) groups excluding carboxylic acids is 1. The van der Waals surface area contributed by atoms with E-state index in [1.165, 1.54) is 13.2 Å². The summed E-state index contributed by atoms with van der Waals surface area (Å²) in [5, 5.41) is 12.1. The fraction of sp³-hybridized carbons (Fsp3) is 0.308. The Morgan fingerprint density at radius 1 is 0.973 bits per heavy atom. The van der Waals surface area contributed by atoms with Crippen molar-refractivity contribution in [2.75, 3.05) is 69.3 Å². The van der Waals surface area contributed by atoms with Crippen LogP contribution in [0.15, 0.2) is 54.7 Å². The average Bonchev–Trinajstić information content (AvgIpc) is 2.95. The predicted octanol–water partition coefficient (Wildman–Crippen LogP) is 3.89. The van der Waals surface area contributed by atoms with E-state index in [1.807, 2.05) is 23.1 Å². The van der Waals surface area contributed by atoms with Crippen LogP contribution in [0.4, 0.5) is 28.6 Å². The molecule has 11 nitrogen and oxygen atoms in total. The van der Waals surface area contributed by atoms with Gasteiger partial charge in [0.2, 0.25) is 0 Å². The van der Waals surface area contributed by atoms with Crippen LogP contribution in [0.3, 0.4) is 0 Å². The first-order chi connectivity index (χ1) is 17.9. The van der Waals surface area contributed by atoms with Crippen LogP contribution < -0.4 is 24.2 Å². The van der Waals surface area contributed by atoms with Gasteiger partial charge in [0.05, 0.1) is 37.5 Å². The maximum Gasteiger partial charge on any atom is 0.340 e. The SMILES string of the molecule is COC(=O)c1cc([N+](=O)[O-])c(N2CCN(c3ccccn3)CC2)cc1N(C)c1cc(OC)cc(OC)c1. The number of hydrogen-bond donors (Lipinski definition) is 0. The summed E-state index contributed by atoms with van der Waals surface area (Å²) in [4.78, 5) is 34.6. The second kappa shape index (κ2) is 11.0. The summed E-state index contributed by atoms with van der Waals surface area (Å²) in [6.07, 6.45) is 1.74. The van der Waals surface area contributed by atoms with E-state index in [4.69, 9.17) is 14.2 Å². The summed E-state index contributed by atoms with van der Waals surface area (Å²) in [7, 11) is 6.11. The monoisotopic (exact) mass is 507 g/mol. The Hall–Kier alpha value is -4.54. The molecule has 1 aromatic heterocycles. The summed E-state index contributed by atoms with van der Waals surface area (Å²) in [5.74, 6) is 1.32. The van der Waals surface area contributed by atoms with Gasteiger partial charge in [-0.2, -0.15) is 0 Å². The molecule has 1 aliphatic heterocycles. The molecule has 4 rings (SSSR count). The molecular formula is C26H29N5O6. The lowest BCUT2D eigenvalue weighted by molar-refractivity contribution is -0.384. The number of pyridine rings is 1. The van der Waals surface area contributed by atoms with Gasteiger partial charge in [-0.3, -0.25) is 10.1 Å². The van der Waals surface area contributed by atoms with Crippen molar-refractivity contribution in [3.8, 4) is 11.5 Å². The third kappa shape index (κ3) is 5.35. The average molecular weight is 508 g/mol. The highest BCUT2D eigenvalue weighted by molar-refractivity contribution is 5.99. The van der Waals surface area contributed by atoms with Crippen molar-refractivity contribution in [1.82, 2.24) is 4.98 Å². The number of ether oxygens (including phenoxy) is 3. The van der Waals surface area contributed by atoms with E-state index in [0.717, 1.165) is 5.82 Å². The lowest BCUT2D eigenvalue weighted by Gasteiger charge is -2.37. The Balaban J connectivity index is 1.75. The second-order valence-electron chi connectivity index (χ2n) is 8.40. The van der Waals surface area contributed by atoms with E-state index in [0.29, 0.717) is 54.7 Å². The fourth-order valence-electron chi connectivity index (χ4n) is 4.36. The van der Waals surface area contributed by atoms with Gasteiger partial charge in [-0.25, -0.2) is 9.78 Å². The van der Waals surface area contributed by atoms with Crippen molar-refractivity contribution in [1.29, 1.82) is 0 Å². The lowest BCUT2D eigenvalue weighted by atomic mass is 10.1. The number of nitro benzene ring substituents is 1. The van der Waals surface area contributed by atoms with E-state index in [-0.39, 0.29) is 11.3 Å². The maximum absolute atomic E-state index is 12.7. The zero-order valence-corrected chi connectivity index (χ0v) is 21.2. The number of carbonyl (C=O) groups is 1. The molecule has 1 aliphatic rings. The normalized spacial score (nSPS) is 13.2. The van der Waals surface area contributed by atoms with Gasteiger partial charge in [-0.1, -0.05) is 6.07 Å². The van der Waals surface area contributed by atoms with Gasteiger partial charge in [-0.05, 0) is 18.2 Å². The van der Waals surface area contributed by atoms with Gasteiger partial charge in [0.25, 0.3) is 5.69 Å². The highest BCUT2D eigenvalue weighted by Gasteiger charge is 2.29. The number of methoxy groups -OCH3 is 3. The van der Waals surface area contributed by atoms with E-state index >= 15 is 0 Å². The van der Waals surface area contributed by atoms with Crippen molar-refractivity contribution in [3.63, 3.8) is 0 Å². The standard InChI is InChI=1S/C26H29N5O6/c1-28(18-13-19(35-2)15-20(14-18)36-3)22-17-23(24(31(33)34)16-21(22)26(32)37-4)29-9-11-30(12-10-29)25-7-5-6-8-27-25/h5-8,13-17H,9-12H2,1-4H3. The number of nitrogens with zero attached hydrogens (tertiary/aromatic N) is 5. The first-order valence-electron chi connectivity index (χ1n) is 11.6. The van der Waals surface area contributed by atoms with Gasteiger partial charge in [0.15, 0.2) is 0 Å². The maximum atomic E-state index is 12.7. The Morgan fingerprint density at radius 3 is 2.16 bits per heavy atom. The summed E-state index contributed by atoms with van der Waals surface area (Å²) >= 11 is 0. The van der Waals surface area contributed by atoms with Crippen molar-refractivity contribution in [3.05, 3.63) is 70.4 Å². The van der Waals surface area contributed by atoms with Gasteiger partial charge in [0.1, 0.15) is 23.0 Å². The van der Waals surface area contributed by atoms with Crippen LogP contribution in [0.1, 0.15) is 10.4 Å². The van der Waals surface area contributed by atoms with E-state index in [2.05, 4.69) is 9.88 Å². The molecule has 1 fully saturated rings. The number of hydrogen-bond acceptors (Lipinski definition) is 10. The number of esters is 1. The Labute approximate surface area is 214 Å². The van der Waals surface area contributed by atoms with E-state index < -0.39 is 10.9 Å². The van der Waals surface area contributed by atoms with E-state index in [1.54, 1.807) is 56.6 Å². The minimum Gasteiger partial charge on any atom is -0.497 e. The topological polar surface area (TPSA) is 111 Å². The Morgan fingerprint density at radius 2 is 1.62 bits per heavy atom. The molecule has 0 saturated carbocycles. The van der Waals surface area contributed by atoms with Gasteiger partial charge >= 0.3 is 5.97 Å². The molecule has 1 saturated heterocycles. The van der Waals surface area contributed by atoms with Crippen LogP contribution in [0, 0.1) is 10.1 Å². The van der Waals surface area contributed by atoms with Crippen LogP contribution in [-0.2, 0) is 4.74 Å². The molecule has 194 valence electrons. The molecule has 37 heavy (non-hydrogen) atoms. The third-order valence-electron chi connectivity index (χ3n) is 6.37. The highest BCUT2D eigenvalue weighted by Crippen LogP contribution is 2.40. The predicted molar refractivity (Wildman–Crippen MR) is 141 cm³/mol. The Bertz CT molecular complexity index is 1260. The summed E-state index contributed by atoms with van der Waals surface area (Å²) in [6.45, 7) is 2.38. The second-order valence-corrected chi connectivity index (χ2v) is 8.40. The zero-order valence-electron chi connectivity index (χ0n) is 21.2. The van der Waals surface area contributed by atoms with Gasteiger partial charge in [-0.15, -0.1) is 0 Å². The fourth-order valence-corrected chi connectivity index (χ4v) is 4.36. The van der Waals surface area contributed by atoms with Crippen LogP contribution in [0.2, 0.25) is 0 Å². The molecule has 0 unspecified atom stereocenters. The van der Waals surface area contributed by atoms with Crippen LogP contribution in [-0.4, -0.2) is 70.4 Å². The molecule has 0 radical (unpaired) electrons. The summed E-state index contributed by atoms with van der Waals surface area (Å²) in [6, 6.07) is 14.0. The molecule has 0 aliphatic carbocycles. The largest absolute Gasteiger partial charge is 0.497 e. The number of anilines is 4. The Kier molecular flexibility index (Phi) is 7.61. The molecule has 0 spiro atoms. The molecule has 3 aromatic rings. The van der Waals surface area contributed by atoms with Crippen LogP contribution >= 0.6 is 0 Å². The quantitative estimate of drug-likeness (QED) is 0.253. The smallest absolute Gasteiger partial charge is 0.340 e. The minimum absolute atomic E-state index is 0.0781. The first-order valence-corrected chi connectivity index (χ1v) is 11.6. The molecule has 0 bridgehead atoms. The van der Waals surface area contributed by atoms with Crippen LogP contribution in [0.5, 0.6) is 11.5 Å². The zero-order chi connectivity index (χ0) is 26.5. The van der Waals surface area contributed by atoms with Gasteiger partial charge < -0.3 is 28.9 Å².